The summed E-state index contributed by atoms with van der Waals surface area (Å²) in [6.45, 7) is 6.18. The summed E-state index contributed by atoms with van der Waals surface area (Å²) in [5, 5.41) is 0. The third-order valence-electron chi connectivity index (χ3n) is 3.85. The molecule has 0 saturated carbocycles. The molecule has 0 rings (SSSR count). The molecule has 21 heavy (non-hydrogen) atoms. The molecule has 0 nitrogen and oxygen atoms in total. The molecule has 0 aliphatic carbocycles. The van der Waals surface area contributed by atoms with Crippen molar-refractivity contribution in [2.45, 2.75) is 110 Å². The first-order valence-corrected chi connectivity index (χ1v) is 13.4. The zero-order valence-electron chi connectivity index (χ0n) is 14.3. The zero-order chi connectivity index (χ0) is 16.0. The van der Waals surface area contributed by atoms with Gasteiger partial charge in [-0.2, -0.15) is 6.42 Å². The molecule has 0 atom stereocenters. The van der Waals surface area contributed by atoms with Crippen LogP contribution in [0.5, 0.6) is 0 Å². The van der Waals surface area contributed by atoms with Crippen molar-refractivity contribution < 1.29 is 17.0 Å². The molecule has 0 aromatic rings. The molecule has 0 spiro atoms. The van der Waals surface area contributed by atoms with E-state index in [2.05, 4.69) is 13.8 Å². The molecule has 0 aliphatic heterocycles. The molecule has 0 amide bonds. The molecule has 0 saturated heterocycles. The Labute approximate surface area is 151 Å². The summed E-state index contributed by atoms with van der Waals surface area (Å²) in [4.78, 5) is 0. The average molecular weight is 372 g/mol. The molecule has 0 radical (unpaired) electrons. The summed E-state index contributed by atoms with van der Waals surface area (Å²) in [5.74, 6) is 0. The van der Waals surface area contributed by atoms with Gasteiger partial charge in [-0.3, -0.25) is 0 Å². The SMILES string of the molecule is [CH2-]CCCCCCCCCCCCCCCCC.[Cl][Ti][Cl]. The third kappa shape index (κ3) is 29.9. The van der Waals surface area contributed by atoms with Gasteiger partial charge < -0.3 is 6.92 Å². The van der Waals surface area contributed by atoms with E-state index in [1.807, 2.05) is 0 Å². The van der Waals surface area contributed by atoms with Crippen molar-refractivity contribution in [1.82, 2.24) is 0 Å². The van der Waals surface area contributed by atoms with Crippen molar-refractivity contribution in [2.75, 3.05) is 0 Å². The summed E-state index contributed by atoms with van der Waals surface area (Å²) < 4.78 is 0. The normalized spacial score (nSPS) is 10.1. The van der Waals surface area contributed by atoms with Gasteiger partial charge in [0.25, 0.3) is 0 Å². The number of hydrogen-bond acceptors (Lipinski definition) is 0. The van der Waals surface area contributed by atoms with Gasteiger partial charge in [0.1, 0.15) is 0 Å². The Morgan fingerprint density at radius 2 is 0.810 bits per heavy atom. The number of halogens is 2. The molecule has 0 fully saturated rings. The molecule has 0 unspecified atom stereocenters. The minimum atomic E-state index is -0.556. The Morgan fingerprint density at radius 1 is 0.571 bits per heavy atom. The monoisotopic (exact) mass is 371 g/mol. The standard InChI is InChI=1S/C18H37.2ClH.Ti/c1-3-5-7-9-11-13-15-17-18-16-14-12-10-8-6-4-2;;;/h1,3-18H2,2H3;2*1H;/q-1;;;+2/p-2. The Morgan fingerprint density at radius 3 is 1.05 bits per heavy atom. The minimum absolute atomic E-state index is 0.556. The van der Waals surface area contributed by atoms with Gasteiger partial charge in [-0.15, -0.1) is 0 Å². The zero-order valence-corrected chi connectivity index (χ0v) is 17.4. The summed E-state index contributed by atoms with van der Waals surface area (Å²) in [5.41, 5.74) is 0. The Balaban J connectivity index is 0. The van der Waals surface area contributed by atoms with Crippen molar-refractivity contribution in [1.29, 1.82) is 0 Å². The number of rotatable bonds is 15. The van der Waals surface area contributed by atoms with Crippen LogP contribution in [0.3, 0.4) is 0 Å². The van der Waals surface area contributed by atoms with E-state index in [-0.39, 0.29) is 0 Å². The fourth-order valence-electron chi connectivity index (χ4n) is 2.55. The van der Waals surface area contributed by atoms with Crippen molar-refractivity contribution in [3.8, 4) is 0 Å². The summed E-state index contributed by atoms with van der Waals surface area (Å²) in [6.07, 6.45) is 22.8. The predicted molar refractivity (Wildman–Crippen MR) is 96.6 cm³/mol. The van der Waals surface area contributed by atoms with E-state index in [9.17, 15) is 0 Å². The molecular formula is C18H37Cl2Ti-. The predicted octanol–water partition coefficient (Wildman–Crippen LogP) is 8.46. The van der Waals surface area contributed by atoms with Gasteiger partial charge in [0.05, 0.1) is 0 Å². The Hall–Kier alpha value is 1.29. The second-order valence-electron chi connectivity index (χ2n) is 5.87. The second-order valence-corrected chi connectivity index (χ2v) is 8.45. The van der Waals surface area contributed by atoms with Crippen LogP contribution in [0.1, 0.15) is 110 Å². The first-order chi connectivity index (χ1) is 10.3. The van der Waals surface area contributed by atoms with Crippen LogP contribution < -0.4 is 0 Å². The van der Waals surface area contributed by atoms with Crippen LogP contribution in [0.2, 0.25) is 0 Å². The van der Waals surface area contributed by atoms with E-state index in [0.717, 1.165) is 6.42 Å². The van der Waals surface area contributed by atoms with E-state index in [0.29, 0.717) is 0 Å². The van der Waals surface area contributed by atoms with E-state index in [1.54, 1.807) is 0 Å². The van der Waals surface area contributed by atoms with E-state index in [1.165, 1.54) is 96.3 Å². The number of unbranched alkanes of at least 4 members (excludes halogenated alkanes) is 15. The van der Waals surface area contributed by atoms with Gasteiger partial charge in [-0.25, -0.2) is 0 Å². The van der Waals surface area contributed by atoms with Crippen molar-refractivity contribution in [3.05, 3.63) is 6.92 Å². The van der Waals surface area contributed by atoms with Gasteiger partial charge in [-0.1, -0.05) is 103 Å². The van der Waals surface area contributed by atoms with Gasteiger partial charge in [0, 0.05) is 0 Å². The fraction of sp³-hybridized carbons (Fsp3) is 0.944. The second kappa shape index (κ2) is 26.2. The summed E-state index contributed by atoms with van der Waals surface area (Å²) in [7, 11) is 9.78. The molecule has 0 aromatic heterocycles. The molecule has 0 N–H and O–H groups in total. The van der Waals surface area contributed by atoms with Gasteiger partial charge in [-0.05, 0) is 0 Å². The van der Waals surface area contributed by atoms with Crippen molar-refractivity contribution in [2.24, 2.45) is 0 Å². The van der Waals surface area contributed by atoms with Gasteiger partial charge in [0.2, 0.25) is 0 Å². The van der Waals surface area contributed by atoms with Crippen LogP contribution in [0.25, 0.3) is 0 Å². The Kier molecular flexibility index (Phi) is 30.6. The fourth-order valence-corrected chi connectivity index (χ4v) is 2.55. The topological polar surface area (TPSA) is 0 Å². The van der Waals surface area contributed by atoms with Crippen molar-refractivity contribution >= 4 is 18.6 Å². The van der Waals surface area contributed by atoms with Gasteiger partial charge >= 0.3 is 35.6 Å². The van der Waals surface area contributed by atoms with Gasteiger partial charge in [0.15, 0.2) is 0 Å². The van der Waals surface area contributed by atoms with Crippen molar-refractivity contribution in [3.63, 3.8) is 0 Å². The molecule has 0 bridgehead atoms. The Bertz CT molecular complexity index is 138. The van der Waals surface area contributed by atoms with E-state index >= 15 is 0 Å². The number of hydrogen-bond donors (Lipinski definition) is 0. The molecule has 128 valence electrons. The first kappa shape index (κ1) is 24.5. The third-order valence-corrected chi connectivity index (χ3v) is 3.85. The van der Waals surface area contributed by atoms with E-state index in [4.69, 9.17) is 18.6 Å². The average Bonchev–Trinajstić information content (AvgIpc) is 2.48. The maximum atomic E-state index is 4.89. The summed E-state index contributed by atoms with van der Waals surface area (Å²) >= 11 is -0.556. The molecule has 0 aliphatic rings. The molecule has 0 aromatic carbocycles. The van der Waals surface area contributed by atoms with Crippen LogP contribution >= 0.6 is 18.6 Å². The summed E-state index contributed by atoms with van der Waals surface area (Å²) in [6, 6.07) is 0. The quantitative estimate of drug-likeness (QED) is 0.154. The van der Waals surface area contributed by atoms with Crippen LogP contribution in [-0.4, -0.2) is 0 Å². The van der Waals surface area contributed by atoms with Crippen LogP contribution in [0, 0.1) is 6.92 Å². The van der Waals surface area contributed by atoms with E-state index < -0.39 is 17.0 Å². The molecule has 0 heterocycles. The molecular weight excluding hydrogens is 335 g/mol. The maximum absolute atomic E-state index is 4.89. The van der Waals surface area contributed by atoms with Crippen LogP contribution in [0.15, 0.2) is 0 Å². The molecule has 3 heteroatoms. The van der Waals surface area contributed by atoms with Crippen LogP contribution in [0.4, 0.5) is 0 Å². The first-order valence-electron chi connectivity index (χ1n) is 9.09. The van der Waals surface area contributed by atoms with Crippen LogP contribution in [-0.2, 0) is 17.0 Å².